The fourth-order valence-electron chi connectivity index (χ4n) is 1.98. The van der Waals surface area contributed by atoms with Crippen LogP contribution in [0.15, 0.2) is 53.2 Å². The maximum absolute atomic E-state index is 11.9. The Morgan fingerprint density at radius 3 is 2.67 bits per heavy atom. The van der Waals surface area contributed by atoms with Gasteiger partial charge in [0, 0.05) is 6.08 Å². The number of rotatable bonds is 6. The van der Waals surface area contributed by atoms with E-state index in [1.54, 1.807) is 24.5 Å². The van der Waals surface area contributed by atoms with Gasteiger partial charge in [0.25, 0.3) is 0 Å². The molecule has 1 atom stereocenters. The molecule has 4 heteroatoms. The summed E-state index contributed by atoms with van der Waals surface area (Å²) in [6.45, 7) is 1.94. The number of hydrogen-bond acceptors (Lipinski definition) is 3. The van der Waals surface area contributed by atoms with Gasteiger partial charge in [-0.2, -0.15) is 0 Å². The van der Waals surface area contributed by atoms with Gasteiger partial charge in [-0.15, -0.1) is 0 Å². The monoisotopic (exact) mass is 285 g/mol. The average Bonchev–Trinajstić information content (AvgIpc) is 3.04. The lowest BCUT2D eigenvalue weighted by Gasteiger charge is -2.16. The van der Waals surface area contributed by atoms with E-state index in [2.05, 4.69) is 12.2 Å². The van der Waals surface area contributed by atoms with E-state index in [0.717, 1.165) is 12.0 Å². The largest absolute Gasteiger partial charge is 0.465 e. The minimum Gasteiger partial charge on any atom is -0.465 e. The number of aryl methyl sites for hydroxylation is 1. The number of furan rings is 1. The molecule has 2 rings (SSSR count). The minimum atomic E-state index is -0.412. The minimum absolute atomic E-state index is 0.147. The van der Waals surface area contributed by atoms with Crippen LogP contribution in [0.3, 0.4) is 0 Å². The topological polar surface area (TPSA) is 62.5 Å². The Hall–Kier alpha value is -2.33. The lowest BCUT2D eigenvalue weighted by atomic mass is 10.0. The summed E-state index contributed by atoms with van der Waals surface area (Å²) in [6.07, 6.45) is 5.48. The zero-order chi connectivity index (χ0) is 15.1. The number of carbonyl (C=O) groups excluding carboxylic acids is 1. The van der Waals surface area contributed by atoms with Crippen molar-refractivity contribution in [3.63, 3.8) is 0 Å². The Morgan fingerprint density at radius 2 is 2.10 bits per heavy atom. The maximum atomic E-state index is 11.9. The van der Waals surface area contributed by atoms with E-state index in [9.17, 15) is 9.90 Å². The molecule has 0 saturated carbocycles. The van der Waals surface area contributed by atoms with Crippen molar-refractivity contribution in [3.8, 4) is 0 Å². The highest BCUT2D eigenvalue weighted by Crippen LogP contribution is 2.14. The van der Waals surface area contributed by atoms with Crippen LogP contribution in [0, 0.1) is 0 Å². The van der Waals surface area contributed by atoms with Crippen LogP contribution in [0.4, 0.5) is 0 Å². The smallest absolute Gasteiger partial charge is 0.244 e. The van der Waals surface area contributed by atoms with Crippen molar-refractivity contribution in [2.24, 2.45) is 0 Å². The molecule has 21 heavy (non-hydrogen) atoms. The normalized spacial score (nSPS) is 12.5. The quantitative estimate of drug-likeness (QED) is 0.802. The van der Waals surface area contributed by atoms with Gasteiger partial charge < -0.3 is 14.8 Å². The second-order valence-corrected chi connectivity index (χ2v) is 4.69. The van der Waals surface area contributed by atoms with Crippen LogP contribution >= 0.6 is 0 Å². The number of aliphatic hydroxyl groups is 1. The van der Waals surface area contributed by atoms with Crippen LogP contribution in [0.2, 0.25) is 0 Å². The molecule has 1 aromatic heterocycles. The molecule has 1 heterocycles. The molecule has 0 saturated heterocycles. The van der Waals surface area contributed by atoms with Gasteiger partial charge in [0.05, 0.1) is 18.9 Å². The third-order valence-corrected chi connectivity index (χ3v) is 3.23. The highest BCUT2D eigenvalue weighted by atomic mass is 16.3. The highest BCUT2D eigenvalue weighted by molar-refractivity contribution is 5.91. The van der Waals surface area contributed by atoms with Gasteiger partial charge in [-0.05, 0) is 35.8 Å². The molecule has 1 unspecified atom stereocenters. The van der Waals surface area contributed by atoms with Crippen molar-refractivity contribution >= 4 is 12.0 Å². The lowest BCUT2D eigenvalue weighted by molar-refractivity contribution is -0.117. The number of hydrogen-bond donors (Lipinski definition) is 2. The van der Waals surface area contributed by atoms with Crippen molar-refractivity contribution in [2.75, 3.05) is 6.61 Å². The van der Waals surface area contributed by atoms with E-state index < -0.39 is 6.04 Å². The molecule has 0 aliphatic rings. The first-order valence-electron chi connectivity index (χ1n) is 6.94. The molecular weight excluding hydrogens is 266 g/mol. The van der Waals surface area contributed by atoms with Crippen LogP contribution in [0.1, 0.15) is 29.9 Å². The van der Waals surface area contributed by atoms with E-state index >= 15 is 0 Å². The number of benzene rings is 1. The Kier molecular flexibility index (Phi) is 5.35. The van der Waals surface area contributed by atoms with Gasteiger partial charge in [-0.1, -0.05) is 31.2 Å². The molecule has 0 fully saturated rings. The zero-order valence-corrected chi connectivity index (χ0v) is 12.0. The molecule has 0 aliphatic carbocycles. The second-order valence-electron chi connectivity index (χ2n) is 4.69. The summed E-state index contributed by atoms with van der Waals surface area (Å²) in [5, 5.41) is 12.2. The molecule has 2 N–H and O–H groups in total. The molecule has 1 aromatic carbocycles. The fourth-order valence-corrected chi connectivity index (χ4v) is 1.98. The van der Waals surface area contributed by atoms with Gasteiger partial charge in [-0.25, -0.2) is 0 Å². The summed E-state index contributed by atoms with van der Waals surface area (Å²) in [7, 11) is 0. The zero-order valence-electron chi connectivity index (χ0n) is 12.0. The van der Waals surface area contributed by atoms with Gasteiger partial charge in [0.1, 0.15) is 5.76 Å². The Labute approximate surface area is 124 Å². The summed E-state index contributed by atoms with van der Waals surface area (Å²) in [6, 6.07) is 11.0. The van der Waals surface area contributed by atoms with E-state index in [0.29, 0.717) is 5.76 Å². The lowest BCUT2D eigenvalue weighted by Crippen LogP contribution is -2.29. The first-order valence-corrected chi connectivity index (χ1v) is 6.94. The van der Waals surface area contributed by atoms with Crippen LogP contribution in [-0.4, -0.2) is 17.6 Å². The van der Waals surface area contributed by atoms with E-state index in [-0.39, 0.29) is 12.5 Å². The predicted octanol–water partition coefficient (Wildman–Crippen LogP) is 2.71. The summed E-state index contributed by atoms with van der Waals surface area (Å²) < 4.78 is 5.11. The van der Waals surface area contributed by atoms with Crippen LogP contribution in [0.5, 0.6) is 0 Å². The number of carbonyl (C=O) groups is 1. The standard InChI is InChI=1S/C17H19NO3/c1-2-13-5-7-14(8-6-13)16(12-19)18-17(20)10-9-15-4-3-11-21-15/h3-11,16,19H,2,12H2,1H3,(H,18,20)/b10-9+. The summed E-state index contributed by atoms with van der Waals surface area (Å²) >= 11 is 0. The molecule has 2 aromatic rings. The van der Waals surface area contributed by atoms with Crippen molar-refractivity contribution in [1.29, 1.82) is 0 Å². The van der Waals surface area contributed by atoms with Crippen LogP contribution < -0.4 is 5.32 Å². The first kappa shape index (κ1) is 15.1. The Balaban J connectivity index is 1.99. The summed E-state index contributed by atoms with van der Waals surface area (Å²) in [5.74, 6) is 0.336. The third-order valence-electron chi connectivity index (χ3n) is 3.23. The molecule has 1 amide bonds. The van der Waals surface area contributed by atoms with Crippen LogP contribution in [0.25, 0.3) is 6.08 Å². The van der Waals surface area contributed by atoms with E-state index in [4.69, 9.17) is 4.42 Å². The predicted molar refractivity (Wildman–Crippen MR) is 81.5 cm³/mol. The molecule has 110 valence electrons. The third kappa shape index (κ3) is 4.33. The number of amides is 1. The summed E-state index contributed by atoms with van der Waals surface area (Å²) in [5.41, 5.74) is 2.11. The van der Waals surface area contributed by atoms with Crippen LogP contribution in [-0.2, 0) is 11.2 Å². The molecular formula is C17H19NO3. The number of nitrogens with one attached hydrogen (secondary N) is 1. The SMILES string of the molecule is CCc1ccc(C(CO)NC(=O)/C=C/c2ccco2)cc1. The highest BCUT2D eigenvalue weighted by Gasteiger charge is 2.12. The first-order chi connectivity index (χ1) is 10.2. The molecule has 0 radical (unpaired) electrons. The maximum Gasteiger partial charge on any atom is 0.244 e. The van der Waals surface area contributed by atoms with Crippen molar-refractivity contribution in [3.05, 3.63) is 65.6 Å². The Bertz CT molecular complexity index is 585. The van der Waals surface area contributed by atoms with E-state index in [1.807, 2.05) is 24.3 Å². The average molecular weight is 285 g/mol. The van der Waals surface area contributed by atoms with Gasteiger partial charge in [-0.3, -0.25) is 4.79 Å². The fraction of sp³-hybridized carbons (Fsp3) is 0.235. The van der Waals surface area contributed by atoms with Gasteiger partial charge in [0.15, 0.2) is 0 Å². The van der Waals surface area contributed by atoms with Gasteiger partial charge >= 0.3 is 0 Å². The molecule has 0 bridgehead atoms. The summed E-state index contributed by atoms with van der Waals surface area (Å²) in [4.78, 5) is 11.9. The van der Waals surface area contributed by atoms with Crippen molar-refractivity contribution < 1.29 is 14.3 Å². The Morgan fingerprint density at radius 1 is 1.33 bits per heavy atom. The molecule has 0 aliphatic heterocycles. The van der Waals surface area contributed by atoms with Crippen molar-refractivity contribution in [2.45, 2.75) is 19.4 Å². The second kappa shape index (κ2) is 7.45. The van der Waals surface area contributed by atoms with Crippen molar-refractivity contribution in [1.82, 2.24) is 5.32 Å². The molecule has 0 spiro atoms. The number of aliphatic hydroxyl groups excluding tert-OH is 1. The molecule has 4 nitrogen and oxygen atoms in total. The van der Waals surface area contributed by atoms with Gasteiger partial charge in [0.2, 0.25) is 5.91 Å². The van der Waals surface area contributed by atoms with E-state index in [1.165, 1.54) is 11.6 Å².